The minimum absolute atomic E-state index is 0.107. The van der Waals surface area contributed by atoms with Gasteiger partial charge < -0.3 is 5.73 Å². The molecule has 0 radical (unpaired) electrons. The Morgan fingerprint density at radius 3 is 2.16 bits per heavy atom. The fourth-order valence-electron chi connectivity index (χ4n) is 2.07. The lowest BCUT2D eigenvalue weighted by Gasteiger charge is -2.19. The van der Waals surface area contributed by atoms with Crippen LogP contribution in [-0.4, -0.2) is 0 Å². The van der Waals surface area contributed by atoms with Gasteiger partial charge in [-0.1, -0.05) is 51.1 Å². The van der Waals surface area contributed by atoms with Gasteiger partial charge in [0.05, 0.1) is 0 Å². The van der Waals surface area contributed by atoms with Crippen LogP contribution in [0, 0.1) is 5.82 Å². The standard InChI is InChI=1S/C17H20FN/c1-17(2,3)14-7-5-13(6-8-14)15-10-12(11-19)4-9-16(15)18/h4-10H,11,19H2,1-3H3. The van der Waals surface area contributed by atoms with Crippen molar-refractivity contribution in [2.45, 2.75) is 32.7 Å². The molecule has 0 spiro atoms. The zero-order valence-corrected chi connectivity index (χ0v) is 11.7. The molecule has 2 aromatic rings. The maximum absolute atomic E-state index is 13.9. The summed E-state index contributed by atoms with van der Waals surface area (Å²) in [5.41, 5.74) is 9.40. The Morgan fingerprint density at radius 1 is 1.00 bits per heavy atom. The van der Waals surface area contributed by atoms with Crippen LogP contribution >= 0.6 is 0 Å². The van der Waals surface area contributed by atoms with Crippen LogP contribution in [0.3, 0.4) is 0 Å². The summed E-state index contributed by atoms with van der Waals surface area (Å²) in [6.45, 7) is 6.92. The number of nitrogens with two attached hydrogens (primary N) is 1. The Labute approximate surface area is 114 Å². The second-order valence-electron chi connectivity index (χ2n) is 5.85. The van der Waals surface area contributed by atoms with E-state index in [9.17, 15) is 4.39 Å². The minimum atomic E-state index is -0.208. The molecule has 100 valence electrons. The van der Waals surface area contributed by atoms with Crippen LogP contribution in [0.25, 0.3) is 11.1 Å². The van der Waals surface area contributed by atoms with E-state index in [1.54, 1.807) is 6.07 Å². The van der Waals surface area contributed by atoms with E-state index in [1.165, 1.54) is 11.6 Å². The van der Waals surface area contributed by atoms with Crippen molar-refractivity contribution in [3.63, 3.8) is 0 Å². The molecule has 0 bridgehead atoms. The molecule has 0 aliphatic heterocycles. The Morgan fingerprint density at radius 2 is 1.63 bits per heavy atom. The lowest BCUT2D eigenvalue weighted by atomic mass is 9.86. The van der Waals surface area contributed by atoms with Gasteiger partial charge in [-0.15, -0.1) is 0 Å². The highest BCUT2D eigenvalue weighted by molar-refractivity contribution is 5.65. The number of hydrogen-bond acceptors (Lipinski definition) is 1. The lowest BCUT2D eigenvalue weighted by molar-refractivity contribution is 0.590. The minimum Gasteiger partial charge on any atom is -0.326 e. The van der Waals surface area contributed by atoms with Crippen molar-refractivity contribution in [1.82, 2.24) is 0 Å². The van der Waals surface area contributed by atoms with Gasteiger partial charge in [-0.3, -0.25) is 0 Å². The Bertz CT molecular complexity index is 565. The van der Waals surface area contributed by atoms with Gasteiger partial charge in [0.15, 0.2) is 0 Å². The van der Waals surface area contributed by atoms with Gasteiger partial charge in [0, 0.05) is 12.1 Å². The van der Waals surface area contributed by atoms with E-state index in [1.807, 2.05) is 18.2 Å². The Hall–Kier alpha value is -1.67. The molecule has 0 aliphatic carbocycles. The molecule has 0 unspecified atom stereocenters. The first-order valence-corrected chi connectivity index (χ1v) is 6.51. The zero-order chi connectivity index (χ0) is 14.0. The second-order valence-corrected chi connectivity index (χ2v) is 5.85. The van der Waals surface area contributed by atoms with Crippen LogP contribution in [0.4, 0.5) is 4.39 Å². The fourth-order valence-corrected chi connectivity index (χ4v) is 2.07. The molecule has 2 N–H and O–H groups in total. The molecule has 0 aromatic heterocycles. The molecule has 1 nitrogen and oxygen atoms in total. The van der Waals surface area contributed by atoms with E-state index in [-0.39, 0.29) is 11.2 Å². The highest BCUT2D eigenvalue weighted by Gasteiger charge is 2.13. The van der Waals surface area contributed by atoms with E-state index in [0.29, 0.717) is 12.1 Å². The van der Waals surface area contributed by atoms with Crippen LogP contribution in [0.5, 0.6) is 0 Å². The number of rotatable bonds is 2. The van der Waals surface area contributed by atoms with E-state index in [4.69, 9.17) is 5.73 Å². The number of benzene rings is 2. The monoisotopic (exact) mass is 257 g/mol. The van der Waals surface area contributed by atoms with Gasteiger partial charge in [-0.25, -0.2) is 4.39 Å². The van der Waals surface area contributed by atoms with Crippen LogP contribution in [0.2, 0.25) is 0 Å². The van der Waals surface area contributed by atoms with Crippen LogP contribution in [0.1, 0.15) is 31.9 Å². The summed E-state index contributed by atoms with van der Waals surface area (Å²) in [7, 11) is 0. The van der Waals surface area contributed by atoms with Gasteiger partial charge in [-0.2, -0.15) is 0 Å². The third-order valence-corrected chi connectivity index (χ3v) is 3.33. The van der Waals surface area contributed by atoms with Crippen LogP contribution < -0.4 is 5.73 Å². The van der Waals surface area contributed by atoms with Gasteiger partial charge in [0.1, 0.15) is 5.82 Å². The smallest absolute Gasteiger partial charge is 0.131 e. The second kappa shape index (κ2) is 5.14. The molecule has 2 heteroatoms. The van der Waals surface area contributed by atoms with Crippen LogP contribution in [-0.2, 0) is 12.0 Å². The highest BCUT2D eigenvalue weighted by atomic mass is 19.1. The summed E-state index contributed by atoms with van der Waals surface area (Å²) in [6, 6.07) is 13.1. The predicted octanol–water partition coefficient (Wildman–Crippen LogP) is 4.25. The zero-order valence-electron chi connectivity index (χ0n) is 11.7. The SMILES string of the molecule is CC(C)(C)c1ccc(-c2cc(CN)ccc2F)cc1. The molecule has 0 saturated heterocycles. The van der Waals surface area contributed by atoms with Crippen molar-refractivity contribution in [3.05, 3.63) is 59.4 Å². The summed E-state index contributed by atoms with van der Waals surface area (Å²) in [4.78, 5) is 0. The molecule has 2 rings (SSSR count). The molecule has 0 atom stereocenters. The van der Waals surface area contributed by atoms with Crippen molar-refractivity contribution in [2.24, 2.45) is 5.73 Å². The average Bonchev–Trinajstić information content (AvgIpc) is 2.38. The van der Waals surface area contributed by atoms with Gasteiger partial charge in [0.2, 0.25) is 0 Å². The number of hydrogen-bond donors (Lipinski definition) is 1. The lowest BCUT2D eigenvalue weighted by Crippen LogP contribution is -2.10. The van der Waals surface area contributed by atoms with E-state index >= 15 is 0 Å². The number of halogens is 1. The van der Waals surface area contributed by atoms with Crippen molar-refractivity contribution >= 4 is 0 Å². The summed E-state index contributed by atoms with van der Waals surface area (Å²) >= 11 is 0. The normalized spacial score (nSPS) is 11.6. The van der Waals surface area contributed by atoms with E-state index < -0.39 is 0 Å². The first-order valence-electron chi connectivity index (χ1n) is 6.51. The molecule has 0 amide bonds. The molecule has 2 aromatic carbocycles. The molecule has 0 saturated carbocycles. The van der Waals surface area contributed by atoms with Gasteiger partial charge in [-0.05, 0) is 34.2 Å². The summed E-state index contributed by atoms with van der Waals surface area (Å²) in [5, 5.41) is 0. The van der Waals surface area contributed by atoms with Crippen molar-refractivity contribution < 1.29 is 4.39 Å². The predicted molar refractivity (Wildman–Crippen MR) is 78.4 cm³/mol. The molecule has 0 aliphatic rings. The Kier molecular flexibility index (Phi) is 3.72. The molecule has 0 heterocycles. The largest absolute Gasteiger partial charge is 0.326 e. The molecule has 0 fully saturated rings. The molecular formula is C17H20FN. The van der Waals surface area contributed by atoms with Crippen molar-refractivity contribution in [3.8, 4) is 11.1 Å². The van der Waals surface area contributed by atoms with E-state index in [0.717, 1.165) is 11.1 Å². The van der Waals surface area contributed by atoms with Crippen molar-refractivity contribution in [2.75, 3.05) is 0 Å². The first kappa shape index (κ1) is 13.8. The maximum Gasteiger partial charge on any atom is 0.131 e. The Balaban J connectivity index is 2.42. The molecule has 19 heavy (non-hydrogen) atoms. The van der Waals surface area contributed by atoms with Gasteiger partial charge >= 0.3 is 0 Å². The third-order valence-electron chi connectivity index (χ3n) is 3.33. The maximum atomic E-state index is 13.9. The first-order chi connectivity index (χ1) is 8.91. The summed E-state index contributed by atoms with van der Waals surface area (Å²) in [6.07, 6.45) is 0. The quantitative estimate of drug-likeness (QED) is 0.855. The topological polar surface area (TPSA) is 26.0 Å². The highest BCUT2D eigenvalue weighted by Crippen LogP contribution is 2.28. The summed E-state index contributed by atoms with van der Waals surface area (Å²) < 4.78 is 13.9. The third kappa shape index (κ3) is 3.02. The summed E-state index contributed by atoms with van der Waals surface area (Å²) in [5.74, 6) is -0.208. The van der Waals surface area contributed by atoms with Crippen molar-refractivity contribution in [1.29, 1.82) is 0 Å². The fraction of sp³-hybridized carbons (Fsp3) is 0.294. The van der Waals surface area contributed by atoms with Gasteiger partial charge in [0.25, 0.3) is 0 Å². The molecular weight excluding hydrogens is 237 g/mol. The van der Waals surface area contributed by atoms with E-state index in [2.05, 4.69) is 32.9 Å². The van der Waals surface area contributed by atoms with Crippen LogP contribution in [0.15, 0.2) is 42.5 Å². The average molecular weight is 257 g/mol.